The molecule has 0 unspecified atom stereocenters. The molecule has 3 aromatic rings. The van der Waals surface area contributed by atoms with Crippen molar-refractivity contribution in [1.82, 2.24) is 0 Å². The van der Waals surface area contributed by atoms with Crippen LogP contribution in [0.2, 0.25) is 0 Å². The van der Waals surface area contributed by atoms with Gasteiger partial charge in [-0.3, -0.25) is 4.79 Å². The number of rotatable bonds is 9. The van der Waals surface area contributed by atoms with Crippen LogP contribution in [0.1, 0.15) is 36.0 Å². The summed E-state index contributed by atoms with van der Waals surface area (Å²) >= 11 is 2.04. The second-order valence-corrected chi connectivity index (χ2v) is 10.7. The maximum Gasteiger partial charge on any atom is 0.303 e. The Morgan fingerprint density at radius 2 is 1.69 bits per heavy atom. The van der Waals surface area contributed by atoms with Gasteiger partial charge >= 0.3 is 5.97 Å². The maximum absolute atomic E-state index is 10.8. The van der Waals surface area contributed by atoms with E-state index in [9.17, 15) is 4.79 Å². The summed E-state index contributed by atoms with van der Waals surface area (Å²) in [6.45, 7) is 1.89. The molecule has 188 valence electrons. The van der Waals surface area contributed by atoms with Gasteiger partial charge in [-0.05, 0) is 95.3 Å². The summed E-state index contributed by atoms with van der Waals surface area (Å²) in [7, 11) is 0. The van der Waals surface area contributed by atoms with E-state index in [-0.39, 0.29) is 6.42 Å². The highest BCUT2D eigenvalue weighted by atomic mass is 32.2. The van der Waals surface area contributed by atoms with Gasteiger partial charge in [0.15, 0.2) is 0 Å². The van der Waals surface area contributed by atoms with Crippen molar-refractivity contribution >= 4 is 17.7 Å². The summed E-state index contributed by atoms with van der Waals surface area (Å²) in [6.07, 6.45) is 3.99. The molecular formula is C30H32O5S. The van der Waals surface area contributed by atoms with E-state index in [1.807, 2.05) is 48.2 Å². The Labute approximate surface area is 216 Å². The molecule has 0 aromatic heterocycles. The van der Waals surface area contributed by atoms with E-state index >= 15 is 0 Å². The largest absolute Gasteiger partial charge is 0.493 e. The SMILES string of the molecule is O=C(O)CCc1ccc(OCc2ccc3c(c2)-c2ccc(OCC4CCSCC4)cc2CCO3)cc1. The summed E-state index contributed by atoms with van der Waals surface area (Å²) in [5.41, 5.74) is 5.58. The van der Waals surface area contributed by atoms with Crippen molar-refractivity contribution in [3.63, 3.8) is 0 Å². The Kier molecular flexibility index (Phi) is 8.01. The van der Waals surface area contributed by atoms with Crippen LogP contribution >= 0.6 is 11.8 Å². The zero-order valence-electron chi connectivity index (χ0n) is 20.4. The van der Waals surface area contributed by atoms with Crippen molar-refractivity contribution in [3.05, 3.63) is 77.4 Å². The Hall–Kier alpha value is -3.12. The van der Waals surface area contributed by atoms with Crippen molar-refractivity contribution in [3.8, 4) is 28.4 Å². The smallest absolute Gasteiger partial charge is 0.303 e. The number of aliphatic carboxylic acids is 1. The van der Waals surface area contributed by atoms with E-state index in [4.69, 9.17) is 19.3 Å². The zero-order valence-corrected chi connectivity index (χ0v) is 21.2. The number of aryl methyl sites for hydroxylation is 1. The highest BCUT2D eigenvalue weighted by Crippen LogP contribution is 2.38. The lowest BCUT2D eigenvalue weighted by molar-refractivity contribution is -0.136. The topological polar surface area (TPSA) is 65.0 Å². The summed E-state index contributed by atoms with van der Waals surface area (Å²) in [5.74, 6) is 4.98. The predicted molar refractivity (Wildman–Crippen MR) is 143 cm³/mol. The van der Waals surface area contributed by atoms with E-state index in [1.54, 1.807) is 0 Å². The second kappa shape index (κ2) is 11.7. The van der Waals surface area contributed by atoms with Gasteiger partial charge in [0.2, 0.25) is 0 Å². The molecule has 0 bridgehead atoms. The molecule has 36 heavy (non-hydrogen) atoms. The maximum atomic E-state index is 10.8. The Morgan fingerprint density at radius 1 is 0.917 bits per heavy atom. The first-order valence-electron chi connectivity index (χ1n) is 12.7. The van der Waals surface area contributed by atoms with Gasteiger partial charge in [-0.25, -0.2) is 0 Å². The van der Waals surface area contributed by atoms with Gasteiger partial charge in [0.1, 0.15) is 23.9 Å². The average Bonchev–Trinajstić information content (AvgIpc) is 3.09. The van der Waals surface area contributed by atoms with Crippen molar-refractivity contribution in [1.29, 1.82) is 0 Å². The molecule has 2 aliphatic rings. The van der Waals surface area contributed by atoms with E-state index < -0.39 is 5.97 Å². The molecule has 0 saturated carbocycles. The number of hydrogen-bond donors (Lipinski definition) is 1. The molecular weight excluding hydrogens is 472 g/mol. The molecule has 1 saturated heterocycles. The van der Waals surface area contributed by atoms with Crippen LogP contribution in [-0.2, 0) is 24.2 Å². The van der Waals surface area contributed by atoms with Crippen LogP contribution in [0.15, 0.2) is 60.7 Å². The first kappa shape index (κ1) is 24.6. The fourth-order valence-corrected chi connectivity index (χ4v) is 5.91. The molecule has 2 heterocycles. The van der Waals surface area contributed by atoms with Gasteiger partial charge in [0.05, 0.1) is 13.2 Å². The van der Waals surface area contributed by atoms with Crippen molar-refractivity contribution in [2.75, 3.05) is 24.7 Å². The van der Waals surface area contributed by atoms with E-state index in [2.05, 4.69) is 24.3 Å². The minimum absolute atomic E-state index is 0.131. The fourth-order valence-electron chi connectivity index (χ4n) is 4.70. The van der Waals surface area contributed by atoms with E-state index in [0.717, 1.165) is 47.0 Å². The number of carboxylic acid groups (broad SMARTS) is 1. The van der Waals surface area contributed by atoms with Gasteiger partial charge in [-0.15, -0.1) is 0 Å². The highest BCUT2D eigenvalue weighted by Gasteiger charge is 2.18. The van der Waals surface area contributed by atoms with Gasteiger partial charge < -0.3 is 19.3 Å². The zero-order chi connectivity index (χ0) is 24.7. The third-order valence-electron chi connectivity index (χ3n) is 6.82. The van der Waals surface area contributed by atoms with Crippen molar-refractivity contribution < 1.29 is 24.1 Å². The van der Waals surface area contributed by atoms with E-state index in [1.165, 1.54) is 35.5 Å². The lowest BCUT2D eigenvalue weighted by atomic mass is 9.96. The Morgan fingerprint density at radius 3 is 2.50 bits per heavy atom. The summed E-state index contributed by atoms with van der Waals surface area (Å²) in [4.78, 5) is 10.8. The van der Waals surface area contributed by atoms with Crippen LogP contribution in [-0.4, -0.2) is 35.8 Å². The Bertz CT molecular complexity index is 1180. The molecule has 5 rings (SSSR count). The monoisotopic (exact) mass is 504 g/mol. The number of thioether (sulfide) groups is 1. The molecule has 5 nitrogen and oxygen atoms in total. The average molecular weight is 505 g/mol. The van der Waals surface area contributed by atoms with Gasteiger partial charge in [0.25, 0.3) is 0 Å². The fraction of sp³-hybridized carbons (Fsp3) is 0.367. The summed E-state index contributed by atoms with van der Waals surface area (Å²) in [5, 5.41) is 8.85. The molecule has 0 amide bonds. The molecule has 0 spiro atoms. The number of fused-ring (bicyclic) bond motifs is 3. The second-order valence-electron chi connectivity index (χ2n) is 9.44. The third-order valence-corrected chi connectivity index (χ3v) is 7.87. The molecule has 1 N–H and O–H groups in total. The van der Waals surface area contributed by atoms with Crippen LogP contribution in [0.4, 0.5) is 0 Å². The molecule has 1 fully saturated rings. The summed E-state index contributed by atoms with van der Waals surface area (Å²) in [6, 6.07) is 20.3. The van der Waals surface area contributed by atoms with Crippen LogP contribution < -0.4 is 14.2 Å². The molecule has 0 aliphatic carbocycles. The number of hydrogen-bond acceptors (Lipinski definition) is 5. The normalized spacial score (nSPS) is 15.2. The standard InChI is InChI=1S/C30H32O5S/c31-30(32)10-4-21-1-5-25(6-2-21)34-20-23-3-9-29-28(17-23)27-8-7-26(18-24(27)11-14-33-29)35-19-22-12-15-36-16-13-22/h1-3,5-9,17-18,22H,4,10-16,19-20H2,(H,31,32). The van der Waals surface area contributed by atoms with Gasteiger partial charge in [-0.2, -0.15) is 11.8 Å². The van der Waals surface area contributed by atoms with Crippen LogP contribution in [0.3, 0.4) is 0 Å². The third kappa shape index (κ3) is 6.35. The quantitative estimate of drug-likeness (QED) is 0.363. The van der Waals surface area contributed by atoms with Crippen molar-refractivity contribution in [2.45, 2.75) is 38.7 Å². The number of benzene rings is 3. The van der Waals surface area contributed by atoms with Crippen molar-refractivity contribution in [2.24, 2.45) is 5.92 Å². The van der Waals surface area contributed by atoms with Gasteiger partial charge in [-0.1, -0.05) is 24.3 Å². The van der Waals surface area contributed by atoms with Crippen LogP contribution in [0.25, 0.3) is 11.1 Å². The lowest BCUT2D eigenvalue weighted by Gasteiger charge is -2.21. The molecule has 2 aliphatic heterocycles. The van der Waals surface area contributed by atoms with Gasteiger partial charge in [0, 0.05) is 18.4 Å². The van der Waals surface area contributed by atoms with Crippen LogP contribution in [0, 0.1) is 5.92 Å². The minimum atomic E-state index is -0.786. The predicted octanol–water partition coefficient (Wildman–Crippen LogP) is 6.41. The summed E-state index contributed by atoms with van der Waals surface area (Å²) < 4.78 is 18.3. The molecule has 6 heteroatoms. The molecule has 0 radical (unpaired) electrons. The first-order chi connectivity index (χ1) is 17.6. The Balaban J connectivity index is 1.25. The van der Waals surface area contributed by atoms with E-state index in [0.29, 0.717) is 25.6 Å². The number of carbonyl (C=O) groups is 1. The highest BCUT2D eigenvalue weighted by molar-refractivity contribution is 7.99. The minimum Gasteiger partial charge on any atom is -0.493 e. The van der Waals surface area contributed by atoms with Crippen LogP contribution in [0.5, 0.6) is 17.2 Å². The molecule has 3 aromatic carbocycles. The number of ether oxygens (including phenoxy) is 3. The lowest BCUT2D eigenvalue weighted by Crippen LogP contribution is -2.17. The molecule has 0 atom stereocenters. The number of carboxylic acids is 1. The first-order valence-corrected chi connectivity index (χ1v) is 13.8.